The lowest BCUT2D eigenvalue weighted by Gasteiger charge is -2.32. The van der Waals surface area contributed by atoms with Crippen molar-refractivity contribution in [1.29, 1.82) is 5.26 Å². The van der Waals surface area contributed by atoms with Crippen molar-refractivity contribution in [2.45, 2.75) is 38.6 Å². The van der Waals surface area contributed by atoms with Crippen LogP contribution in [0.15, 0.2) is 54.6 Å². The number of hydrogen-bond acceptors (Lipinski definition) is 2. The first-order valence-corrected chi connectivity index (χ1v) is 8.87. The molecule has 0 saturated heterocycles. The molecule has 2 rings (SSSR count). The number of halogens is 2. The highest BCUT2D eigenvalue weighted by atomic mass is 35.5. The van der Waals surface area contributed by atoms with Crippen LogP contribution < -0.4 is 0 Å². The van der Waals surface area contributed by atoms with Gasteiger partial charge in [-0.2, -0.15) is 5.26 Å². The van der Waals surface area contributed by atoms with Gasteiger partial charge in [0.1, 0.15) is 5.82 Å². The molecule has 1 atom stereocenters. The molecule has 0 aliphatic heterocycles. The SMILES string of the molecule is CC(C)C(C#N)(CCCN(C)Cc1ccccc1)c1ccc(F)cc1.Cl. The Morgan fingerprint density at radius 2 is 1.69 bits per heavy atom. The number of nitrogens with zero attached hydrogens (tertiary/aromatic N) is 2. The monoisotopic (exact) mass is 374 g/mol. The van der Waals surface area contributed by atoms with Crippen LogP contribution in [-0.4, -0.2) is 18.5 Å². The third kappa shape index (κ3) is 5.56. The van der Waals surface area contributed by atoms with Crippen molar-refractivity contribution in [2.75, 3.05) is 13.6 Å². The molecule has 0 radical (unpaired) electrons. The Morgan fingerprint density at radius 1 is 1.08 bits per heavy atom. The van der Waals surface area contributed by atoms with Crippen molar-refractivity contribution in [3.63, 3.8) is 0 Å². The lowest BCUT2D eigenvalue weighted by molar-refractivity contribution is 0.286. The average molecular weight is 375 g/mol. The second-order valence-corrected chi connectivity index (χ2v) is 7.07. The van der Waals surface area contributed by atoms with Gasteiger partial charge >= 0.3 is 0 Å². The summed E-state index contributed by atoms with van der Waals surface area (Å²) in [6.07, 6.45) is 1.69. The van der Waals surface area contributed by atoms with Crippen molar-refractivity contribution in [3.05, 3.63) is 71.5 Å². The lowest BCUT2D eigenvalue weighted by atomic mass is 9.70. The van der Waals surface area contributed by atoms with Crippen LogP contribution >= 0.6 is 12.4 Å². The summed E-state index contributed by atoms with van der Waals surface area (Å²) >= 11 is 0. The summed E-state index contributed by atoms with van der Waals surface area (Å²) in [7, 11) is 2.11. The molecule has 0 bridgehead atoms. The number of benzene rings is 2. The molecule has 0 aromatic heterocycles. The molecule has 0 amide bonds. The molecule has 0 spiro atoms. The first kappa shape index (κ1) is 22.2. The highest BCUT2D eigenvalue weighted by molar-refractivity contribution is 5.85. The molecule has 4 heteroatoms. The van der Waals surface area contributed by atoms with Gasteiger partial charge in [0.15, 0.2) is 0 Å². The predicted octanol–water partition coefficient (Wildman–Crippen LogP) is 5.58. The maximum Gasteiger partial charge on any atom is 0.123 e. The molecule has 0 fully saturated rings. The van der Waals surface area contributed by atoms with Crippen LogP contribution in [0.1, 0.15) is 37.8 Å². The smallest absolute Gasteiger partial charge is 0.123 e. The lowest BCUT2D eigenvalue weighted by Crippen LogP contribution is -2.32. The van der Waals surface area contributed by atoms with Gasteiger partial charge in [-0.3, -0.25) is 0 Å². The maximum atomic E-state index is 13.3. The minimum absolute atomic E-state index is 0. The van der Waals surface area contributed by atoms with E-state index in [0.29, 0.717) is 0 Å². The first-order valence-electron chi connectivity index (χ1n) is 8.87. The van der Waals surface area contributed by atoms with Gasteiger partial charge in [-0.1, -0.05) is 56.3 Å². The van der Waals surface area contributed by atoms with Crippen LogP contribution in [-0.2, 0) is 12.0 Å². The van der Waals surface area contributed by atoms with Crippen LogP contribution in [0.4, 0.5) is 4.39 Å². The van der Waals surface area contributed by atoms with Crippen LogP contribution in [0, 0.1) is 23.1 Å². The summed E-state index contributed by atoms with van der Waals surface area (Å²) in [6, 6.07) is 19.3. The van der Waals surface area contributed by atoms with Crippen molar-refractivity contribution < 1.29 is 4.39 Å². The Balaban J connectivity index is 0.00000338. The van der Waals surface area contributed by atoms with Gasteiger partial charge in [0.05, 0.1) is 11.5 Å². The summed E-state index contributed by atoms with van der Waals surface area (Å²) in [6.45, 7) is 5.96. The molecule has 0 N–H and O–H groups in total. The highest BCUT2D eigenvalue weighted by Gasteiger charge is 2.35. The van der Waals surface area contributed by atoms with Crippen LogP contribution in [0.5, 0.6) is 0 Å². The molecule has 0 aliphatic carbocycles. The molecule has 2 aromatic carbocycles. The Morgan fingerprint density at radius 3 is 2.23 bits per heavy atom. The van der Waals surface area contributed by atoms with Gasteiger partial charge in [0, 0.05) is 6.54 Å². The molecular weight excluding hydrogens is 347 g/mol. The topological polar surface area (TPSA) is 27.0 Å². The Bertz CT molecular complexity index is 694. The van der Waals surface area contributed by atoms with Gasteiger partial charge in [0.25, 0.3) is 0 Å². The maximum absolute atomic E-state index is 13.3. The number of hydrogen-bond donors (Lipinski definition) is 0. The third-order valence-corrected chi connectivity index (χ3v) is 4.95. The quantitative estimate of drug-likeness (QED) is 0.603. The van der Waals surface area contributed by atoms with Crippen molar-refractivity contribution >= 4 is 12.4 Å². The predicted molar refractivity (Wildman–Crippen MR) is 108 cm³/mol. The van der Waals surface area contributed by atoms with E-state index in [1.165, 1.54) is 17.7 Å². The van der Waals surface area contributed by atoms with Crippen molar-refractivity contribution in [3.8, 4) is 6.07 Å². The van der Waals surface area contributed by atoms with E-state index in [-0.39, 0.29) is 24.1 Å². The molecule has 0 aliphatic rings. The van der Waals surface area contributed by atoms with E-state index < -0.39 is 5.41 Å². The van der Waals surface area contributed by atoms with Crippen molar-refractivity contribution in [2.24, 2.45) is 5.92 Å². The molecule has 26 heavy (non-hydrogen) atoms. The summed E-state index contributed by atoms with van der Waals surface area (Å²) in [5, 5.41) is 9.91. The van der Waals surface area contributed by atoms with E-state index in [1.807, 2.05) is 6.07 Å². The minimum atomic E-state index is -0.568. The van der Waals surface area contributed by atoms with E-state index in [9.17, 15) is 9.65 Å². The van der Waals surface area contributed by atoms with Gasteiger partial charge < -0.3 is 4.90 Å². The van der Waals surface area contributed by atoms with Crippen LogP contribution in [0.25, 0.3) is 0 Å². The summed E-state index contributed by atoms with van der Waals surface area (Å²) < 4.78 is 13.3. The van der Waals surface area contributed by atoms with Crippen molar-refractivity contribution in [1.82, 2.24) is 4.90 Å². The molecule has 0 heterocycles. The second-order valence-electron chi connectivity index (χ2n) is 7.07. The third-order valence-electron chi connectivity index (χ3n) is 4.95. The average Bonchev–Trinajstić information content (AvgIpc) is 2.60. The van der Waals surface area contributed by atoms with Gasteiger partial charge in [-0.05, 0) is 55.6 Å². The molecule has 2 aromatic rings. The van der Waals surface area contributed by atoms with Gasteiger partial charge in [-0.25, -0.2) is 4.39 Å². The fourth-order valence-corrected chi connectivity index (χ4v) is 3.37. The fourth-order valence-electron chi connectivity index (χ4n) is 3.37. The largest absolute Gasteiger partial charge is 0.302 e. The Kier molecular flexibility index (Phi) is 8.78. The summed E-state index contributed by atoms with van der Waals surface area (Å²) in [4.78, 5) is 2.28. The zero-order valence-corrected chi connectivity index (χ0v) is 16.6. The standard InChI is InChI=1S/C22H27FN2.ClH/c1-18(2)22(17-24,20-10-12-21(23)13-11-20)14-7-15-25(3)16-19-8-5-4-6-9-19;/h4-6,8-13,18H,7,14-16H2,1-3H3;1H. The van der Waals surface area contributed by atoms with E-state index >= 15 is 0 Å². The normalized spacial score (nSPS) is 13.1. The molecule has 2 nitrogen and oxygen atoms in total. The molecule has 140 valence electrons. The minimum Gasteiger partial charge on any atom is -0.302 e. The molecule has 1 unspecified atom stereocenters. The van der Waals surface area contributed by atoms with E-state index in [2.05, 4.69) is 56.1 Å². The van der Waals surface area contributed by atoms with E-state index in [4.69, 9.17) is 0 Å². The van der Waals surface area contributed by atoms with E-state index in [1.54, 1.807) is 12.1 Å². The van der Waals surface area contributed by atoms with Crippen LogP contribution in [0.3, 0.4) is 0 Å². The number of rotatable bonds is 8. The second kappa shape index (κ2) is 10.3. The Hall–Kier alpha value is -1.89. The molecule has 0 saturated carbocycles. The molecular formula is C22H28ClFN2. The van der Waals surface area contributed by atoms with Crippen LogP contribution in [0.2, 0.25) is 0 Å². The van der Waals surface area contributed by atoms with Gasteiger partial charge in [-0.15, -0.1) is 12.4 Å². The summed E-state index contributed by atoms with van der Waals surface area (Å²) in [5.74, 6) is -0.0932. The Labute approximate surface area is 163 Å². The highest BCUT2D eigenvalue weighted by Crippen LogP contribution is 2.36. The zero-order valence-electron chi connectivity index (χ0n) is 15.8. The fraction of sp³-hybridized carbons (Fsp3) is 0.409. The number of nitriles is 1. The summed E-state index contributed by atoms with van der Waals surface area (Å²) in [5.41, 5.74) is 1.64. The first-order chi connectivity index (χ1) is 12.0. The zero-order chi connectivity index (χ0) is 18.3. The van der Waals surface area contributed by atoms with E-state index in [0.717, 1.165) is 31.5 Å². The van der Waals surface area contributed by atoms with Gasteiger partial charge in [0.2, 0.25) is 0 Å².